The average molecular weight is 373 g/mol. The van der Waals surface area contributed by atoms with E-state index in [0.717, 1.165) is 30.8 Å². The van der Waals surface area contributed by atoms with Gasteiger partial charge in [-0.3, -0.25) is 24.1 Å². The van der Waals surface area contributed by atoms with E-state index in [-0.39, 0.29) is 23.3 Å². The first kappa shape index (κ1) is 17.1. The first-order chi connectivity index (χ1) is 12.5. The summed E-state index contributed by atoms with van der Waals surface area (Å²) in [7, 11) is 1.42. The van der Waals surface area contributed by atoms with Gasteiger partial charge in [0, 0.05) is 31.5 Å². The number of amides is 4. The van der Waals surface area contributed by atoms with Gasteiger partial charge in [0.25, 0.3) is 17.7 Å². The molecule has 0 radical (unpaired) electrons. The van der Waals surface area contributed by atoms with Crippen molar-refractivity contribution in [3.8, 4) is 0 Å². The SMILES string of the molecule is CN1C(=O)c2ccc(C(=O)N3CSCC3C(=O)N3CCCC3)cc2C1=O. The van der Waals surface area contributed by atoms with Crippen LogP contribution in [0.15, 0.2) is 18.2 Å². The number of likely N-dealkylation sites (tertiary alicyclic amines) is 1. The third-order valence-corrected chi connectivity index (χ3v) is 6.19. The Morgan fingerprint density at radius 3 is 2.50 bits per heavy atom. The molecule has 4 rings (SSSR count). The van der Waals surface area contributed by atoms with E-state index in [0.29, 0.717) is 22.8 Å². The lowest BCUT2D eigenvalue weighted by Gasteiger charge is -2.27. The highest BCUT2D eigenvalue weighted by Crippen LogP contribution is 2.28. The number of nitrogens with zero attached hydrogens (tertiary/aromatic N) is 3. The summed E-state index contributed by atoms with van der Waals surface area (Å²) in [6.45, 7) is 1.51. The molecule has 3 aliphatic heterocycles. The van der Waals surface area contributed by atoms with E-state index in [2.05, 4.69) is 0 Å². The van der Waals surface area contributed by atoms with Crippen molar-refractivity contribution in [1.82, 2.24) is 14.7 Å². The predicted molar refractivity (Wildman–Crippen MR) is 96.0 cm³/mol. The molecule has 3 aliphatic rings. The molecule has 8 heteroatoms. The summed E-state index contributed by atoms with van der Waals surface area (Å²) in [6, 6.07) is 4.10. The Hall–Kier alpha value is -2.35. The molecule has 0 N–H and O–H groups in total. The van der Waals surface area contributed by atoms with Crippen molar-refractivity contribution in [1.29, 1.82) is 0 Å². The van der Waals surface area contributed by atoms with Gasteiger partial charge in [-0.15, -0.1) is 11.8 Å². The van der Waals surface area contributed by atoms with Gasteiger partial charge in [0.05, 0.1) is 17.0 Å². The van der Waals surface area contributed by atoms with Gasteiger partial charge in [0.15, 0.2) is 0 Å². The van der Waals surface area contributed by atoms with E-state index in [9.17, 15) is 19.2 Å². The summed E-state index contributed by atoms with van der Waals surface area (Å²) in [5, 5.41) is 0. The molecule has 2 saturated heterocycles. The van der Waals surface area contributed by atoms with Gasteiger partial charge in [-0.25, -0.2) is 0 Å². The molecule has 4 amide bonds. The Labute approximate surface area is 155 Å². The van der Waals surface area contributed by atoms with E-state index in [1.54, 1.807) is 22.7 Å². The minimum atomic E-state index is -0.459. The van der Waals surface area contributed by atoms with Crippen molar-refractivity contribution in [2.45, 2.75) is 18.9 Å². The summed E-state index contributed by atoms with van der Waals surface area (Å²) in [4.78, 5) is 54.3. The van der Waals surface area contributed by atoms with Crippen LogP contribution in [0.4, 0.5) is 0 Å². The first-order valence-electron chi connectivity index (χ1n) is 8.63. The fraction of sp³-hybridized carbons (Fsp3) is 0.444. The molecule has 1 aromatic carbocycles. The molecule has 0 aromatic heterocycles. The third-order valence-electron chi connectivity index (χ3n) is 5.18. The van der Waals surface area contributed by atoms with Gasteiger partial charge >= 0.3 is 0 Å². The Morgan fingerprint density at radius 1 is 1.08 bits per heavy atom. The zero-order chi connectivity index (χ0) is 18.4. The number of hydrogen-bond acceptors (Lipinski definition) is 5. The predicted octanol–water partition coefficient (Wildman–Crippen LogP) is 1.05. The van der Waals surface area contributed by atoms with Crippen molar-refractivity contribution < 1.29 is 19.2 Å². The van der Waals surface area contributed by atoms with Crippen LogP contribution < -0.4 is 0 Å². The number of rotatable bonds is 2. The Kier molecular flexibility index (Phi) is 4.22. The number of imide groups is 1. The number of hydrogen-bond donors (Lipinski definition) is 0. The minimum absolute atomic E-state index is 0.00741. The maximum absolute atomic E-state index is 13.0. The van der Waals surface area contributed by atoms with Crippen molar-refractivity contribution >= 4 is 35.4 Å². The number of carbonyl (C=O) groups is 4. The van der Waals surface area contributed by atoms with Crippen LogP contribution in [0.5, 0.6) is 0 Å². The molecule has 3 heterocycles. The zero-order valence-electron chi connectivity index (χ0n) is 14.4. The second kappa shape index (κ2) is 6.42. The lowest BCUT2D eigenvalue weighted by Crippen LogP contribution is -2.48. The van der Waals surface area contributed by atoms with Gasteiger partial charge in [0.2, 0.25) is 5.91 Å². The Morgan fingerprint density at radius 2 is 1.77 bits per heavy atom. The lowest BCUT2D eigenvalue weighted by molar-refractivity contribution is -0.133. The van der Waals surface area contributed by atoms with E-state index < -0.39 is 11.9 Å². The molecule has 2 fully saturated rings. The molecule has 7 nitrogen and oxygen atoms in total. The summed E-state index contributed by atoms with van der Waals surface area (Å²) < 4.78 is 0. The van der Waals surface area contributed by atoms with Crippen LogP contribution in [0.1, 0.15) is 43.9 Å². The summed E-state index contributed by atoms with van der Waals surface area (Å²) >= 11 is 1.56. The molecule has 1 unspecified atom stereocenters. The standard InChI is InChI=1S/C18H19N3O4S/c1-19-16(23)12-5-4-11(8-13(12)17(19)24)15(22)21-10-26-9-14(21)18(25)20-6-2-3-7-20/h4-5,8,14H,2-3,6-7,9-10H2,1H3. The third kappa shape index (κ3) is 2.59. The van der Waals surface area contributed by atoms with Crippen LogP contribution in [0.2, 0.25) is 0 Å². The number of thioether (sulfide) groups is 1. The van der Waals surface area contributed by atoms with Gasteiger partial charge < -0.3 is 9.80 Å². The van der Waals surface area contributed by atoms with Crippen LogP contribution >= 0.6 is 11.8 Å². The summed E-state index contributed by atoms with van der Waals surface area (Å²) in [6.07, 6.45) is 2.02. The van der Waals surface area contributed by atoms with Crippen LogP contribution in [-0.4, -0.2) is 76.1 Å². The monoisotopic (exact) mass is 373 g/mol. The van der Waals surface area contributed by atoms with Crippen LogP contribution in [0.25, 0.3) is 0 Å². The van der Waals surface area contributed by atoms with Crippen molar-refractivity contribution in [3.05, 3.63) is 34.9 Å². The zero-order valence-corrected chi connectivity index (χ0v) is 15.3. The maximum Gasteiger partial charge on any atom is 0.261 e. The molecule has 0 aliphatic carbocycles. The maximum atomic E-state index is 13.0. The second-order valence-electron chi connectivity index (χ2n) is 6.75. The highest BCUT2D eigenvalue weighted by atomic mass is 32.2. The molecular formula is C18H19N3O4S. The molecule has 1 atom stereocenters. The average Bonchev–Trinajstić information content (AvgIpc) is 3.39. The van der Waals surface area contributed by atoms with Crippen molar-refractivity contribution in [2.75, 3.05) is 31.8 Å². The Balaban J connectivity index is 1.59. The van der Waals surface area contributed by atoms with E-state index in [1.165, 1.54) is 19.2 Å². The molecule has 26 heavy (non-hydrogen) atoms. The van der Waals surface area contributed by atoms with E-state index in [1.807, 2.05) is 4.90 Å². The normalized spacial score (nSPS) is 22.3. The van der Waals surface area contributed by atoms with Crippen LogP contribution in [0.3, 0.4) is 0 Å². The molecule has 1 aromatic rings. The fourth-order valence-electron chi connectivity index (χ4n) is 3.66. The summed E-state index contributed by atoms with van der Waals surface area (Å²) in [5.41, 5.74) is 0.897. The van der Waals surface area contributed by atoms with Gasteiger partial charge in [-0.1, -0.05) is 0 Å². The van der Waals surface area contributed by atoms with Crippen molar-refractivity contribution in [3.63, 3.8) is 0 Å². The van der Waals surface area contributed by atoms with Gasteiger partial charge in [-0.2, -0.15) is 0 Å². The molecule has 0 spiro atoms. The molecule has 136 valence electrons. The van der Waals surface area contributed by atoms with Crippen molar-refractivity contribution in [2.24, 2.45) is 0 Å². The first-order valence-corrected chi connectivity index (χ1v) is 9.78. The molecular weight excluding hydrogens is 354 g/mol. The molecule has 0 bridgehead atoms. The van der Waals surface area contributed by atoms with Crippen LogP contribution in [-0.2, 0) is 4.79 Å². The lowest BCUT2D eigenvalue weighted by atomic mass is 10.0. The number of fused-ring (bicyclic) bond motifs is 1. The number of carbonyl (C=O) groups excluding carboxylic acids is 4. The topological polar surface area (TPSA) is 78.0 Å². The minimum Gasteiger partial charge on any atom is -0.341 e. The van der Waals surface area contributed by atoms with E-state index >= 15 is 0 Å². The van der Waals surface area contributed by atoms with Gasteiger partial charge in [-0.05, 0) is 31.0 Å². The highest BCUT2D eigenvalue weighted by Gasteiger charge is 2.39. The summed E-state index contributed by atoms with van der Waals surface area (Å²) in [5.74, 6) is 0.0140. The smallest absolute Gasteiger partial charge is 0.261 e. The fourth-order valence-corrected chi connectivity index (χ4v) is 4.80. The molecule has 0 saturated carbocycles. The Bertz CT molecular complexity index is 819. The van der Waals surface area contributed by atoms with Crippen LogP contribution in [0, 0.1) is 0 Å². The van der Waals surface area contributed by atoms with Gasteiger partial charge in [0.1, 0.15) is 6.04 Å². The largest absolute Gasteiger partial charge is 0.341 e. The quantitative estimate of drug-likeness (QED) is 0.724. The highest BCUT2D eigenvalue weighted by molar-refractivity contribution is 7.99. The van der Waals surface area contributed by atoms with E-state index in [4.69, 9.17) is 0 Å². The number of benzene rings is 1. The second-order valence-corrected chi connectivity index (χ2v) is 7.75.